The number of sulfonamides is 1. The predicted molar refractivity (Wildman–Crippen MR) is 76.5 cm³/mol. The van der Waals surface area contributed by atoms with E-state index in [9.17, 15) is 12.8 Å². The average Bonchev–Trinajstić information content (AvgIpc) is 2.89. The van der Waals surface area contributed by atoms with Crippen LogP contribution in [0.3, 0.4) is 0 Å². The second-order valence-electron chi connectivity index (χ2n) is 5.58. The van der Waals surface area contributed by atoms with Gasteiger partial charge in [-0.3, -0.25) is 4.31 Å². The molecule has 0 N–H and O–H groups in total. The minimum absolute atomic E-state index is 0.0250. The highest BCUT2D eigenvalue weighted by atomic mass is 32.2. The van der Waals surface area contributed by atoms with Gasteiger partial charge in [0.1, 0.15) is 17.7 Å². The lowest BCUT2D eigenvalue weighted by Crippen LogP contribution is -2.44. The maximum atomic E-state index is 13.3. The molecule has 1 aromatic rings. The molecule has 0 spiro atoms. The lowest BCUT2D eigenvalue weighted by Gasteiger charge is -2.34. The molecule has 2 aliphatic rings. The van der Waals surface area contributed by atoms with Gasteiger partial charge in [-0.1, -0.05) is 0 Å². The zero-order valence-electron chi connectivity index (χ0n) is 11.8. The van der Waals surface area contributed by atoms with Gasteiger partial charge in [-0.2, -0.15) is 0 Å². The van der Waals surface area contributed by atoms with E-state index in [4.69, 9.17) is 9.47 Å². The van der Waals surface area contributed by atoms with Crippen LogP contribution in [0.25, 0.3) is 0 Å². The zero-order chi connectivity index (χ0) is 15.0. The number of fused-ring (bicyclic) bond motifs is 1. The smallest absolute Gasteiger partial charge is 0.235 e. The quantitative estimate of drug-likeness (QED) is 0.853. The van der Waals surface area contributed by atoms with Crippen molar-refractivity contribution in [2.75, 3.05) is 29.8 Å². The van der Waals surface area contributed by atoms with Crippen LogP contribution >= 0.6 is 0 Å². The van der Waals surface area contributed by atoms with Gasteiger partial charge in [0.25, 0.3) is 0 Å². The number of hydrogen-bond acceptors (Lipinski definition) is 4. The molecule has 0 saturated carbocycles. The summed E-state index contributed by atoms with van der Waals surface area (Å²) in [6.45, 7) is 3.11. The number of anilines is 1. The number of ether oxygens (including phenoxy) is 2. The molecule has 7 heteroatoms. The standard InChI is InChI=1S/C14H18FNO4S/c1-10-7-16(13-3-2-12(15)6-14(13)20-10)21(17,18)9-11-4-5-19-8-11/h2-3,6,10-11H,4-5,7-9H2,1H3. The van der Waals surface area contributed by atoms with Crippen LogP contribution in [0, 0.1) is 11.7 Å². The molecule has 2 aliphatic heterocycles. The number of hydrogen-bond donors (Lipinski definition) is 0. The molecule has 1 fully saturated rings. The van der Waals surface area contributed by atoms with Crippen molar-refractivity contribution in [3.8, 4) is 5.75 Å². The Balaban J connectivity index is 1.91. The molecule has 2 atom stereocenters. The van der Waals surface area contributed by atoms with Crippen LogP contribution in [0.1, 0.15) is 13.3 Å². The van der Waals surface area contributed by atoms with E-state index in [1.54, 1.807) is 6.92 Å². The largest absolute Gasteiger partial charge is 0.487 e. The number of nitrogens with zero attached hydrogens (tertiary/aromatic N) is 1. The van der Waals surface area contributed by atoms with Gasteiger partial charge < -0.3 is 9.47 Å². The van der Waals surface area contributed by atoms with Crippen molar-refractivity contribution in [1.29, 1.82) is 0 Å². The maximum Gasteiger partial charge on any atom is 0.235 e. The number of benzene rings is 1. The summed E-state index contributed by atoms with van der Waals surface area (Å²) >= 11 is 0. The molecule has 1 saturated heterocycles. The summed E-state index contributed by atoms with van der Waals surface area (Å²) < 4.78 is 50.7. The second kappa shape index (κ2) is 5.46. The molecule has 0 amide bonds. The van der Waals surface area contributed by atoms with Crippen LogP contribution in [0.2, 0.25) is 0 Å². The van der Waals surface area contributed by atoms with E-state index < -0.39 is 15.8 Å². The fourth-order valence-corrected chi connectivity index (χ4v) is 4.67. The minimum atomic E-state index is -3.48. The Morgan fingerprint density at radius 3 is 2.95 bits per heavy atom. The van der Waals surface area contributed by atoms with E-state index >= 15 is 0 Å². The van der Waals surface area contributed by atoms with Gasteiger partial charge in [0.2, 0.25) is 10.0 Å². The molecule has 2 unspecified atom stereocenters. The van der Waals surface area contributed by atoms with Gasteiger partial charge in [0.05, 0.1) is 24.6 Å². The maximum absolute atomic E-state index is 13.3. The summed E-state index contributed by atoms with van der Waals surface area (Å²) in [6.07, 6.45) is 0.448. The molecular weight excluding hydrogens is 297 g/mol. The topological polar surface area (TPSA) is 55.8 Å². The van der Waals surface area contributed by atoms with E-state index in [-0.39, 0.29) is 30.1 Å². The van der Waals surface area contributed by atoms with E-state index in [1.165, 1.54) is 22.5 Å². The first kappa shape index (κ1) is 14.6. The molecular formula is C14H18FNO4S. The summed E-state index contributed by atoms with van der Waals surface area (Å²) in [6, 6.07) is 3.94. The van der Waals surface area contributed by atoms with Crippen molar-refractivity contribution in [3.63, 3.8) is 0 Å². The lowest BCUT2D eigenvalue weighted by molar-refractivity contribution is 0.188. The van der Waals surface area contributed by atoms with E-state index in [1.807, 2.05) is 0 Å². The zero-order valence-corrected chi connectivity index (χ0v) is 12.6. The van der Waals surface area contributed by atoms with Crippen molar-refractivity contribution >= 4 is 15.7 Å². The van der Waals surface area contributed by atoms with Gasteiger partial charge in [-0.25, -0.2) is 12.8 Å². The molecule has 0 aromatic heterocycles. The van der Waals surface area contributed by atoms with Crippen LogP contribution in [0.5, 0.6) is 5.75 Å². The third-order valence-corrected chi connectivity index (χ3v) is 5.66. The summed E-state index contributed by atoms with van der Waals surface area (Å²) in [5.41, 5.74) is 0.411. The van der Waals surface area contributed by atoms with E-state index in [0.717, 1.165) is 6.42 Å². The predicted octanol–water partition coefficient (Wildman–Crippen LogP) is 1.78. The molecule has 21 heavy (non-hydrogen) atoms. The SMILES string of the molecule is CC1CN(S(=O)(=O)CC2CCOC2)c2ccc(F)cc2O1. The van der Waals surface area contributed by atoms with Crippen LogP contribution in [-0.2, 0) is 14.8 Å². The second-order valence-corrected chi connectivity index (χ2v) is 7.52. The Morgan fingerprint density at radius 1 is 1.43 bits per heavy atom. The van der Waals surface area contributed by atoms with Crippen molar-refractivity contribution in [2.24, 2.45) is 5.92 Å². The first-order valence-corrected chi connectivity index (χ1v) is 8.61. The normalized spacial score (nSPS) is 25.5. The first-order chi connectivity index (χ1) is 9.95. The van der Waals surface area contributed by atoms with Gasteiger partial charge >= 0.3 is 0 Å². The van der Waals surface area contributed by atoms with Gasteiger partial charge in [-0.05, 0) is 25.5 Å². The highest BCUT2D eigenvalue weighted by molar-refractivity contribution is 7.92. The van der Waals surface area contributed by atoms with Gasteiger partial charge in [-0.15, -0.1) is 0 Å². The summed E-state index contributed by atoms with van der Waals surface area (Å²) in [5.74, 6) is -0.0854. The molecule has 2 heterocycles. The average molecular weight is 315 g/mol. The Kier molecular flexibility index (Phi) is 3.79. The Labute approximate surface area is 123 Å². The van der Waals surface area contributed by atoms with Crippen molar-refractivity contribution < 1.29 is 22.3 Å². The van der Waals surface area contributed by atoms with Crippen LogP contribution < -0.4 is 9.04 Å². The molecule has 0 radical (unpaired) electrons. The van der Waals surface area contributed by atoms with Crippen LogP contribution in [0.4, 0.5) is 10.1 Å². The van der Waals surface area contributed by atoms with Crippen LogP contribution in [-0.4, -0.2) is 40.0 Å². The van der Waals surface area contributed by atoms with Crippen molar-refractivity contribution in [2.45, 2.75) is 19.4 Å². The highest BCUT2D eigenvalue weighted by Crippen LogP contribution is 2.36. The Hall–Kier alpha value is -1.34. The summed E-state index contributed by atoms with van der Waals surface area (Å²) in [4.78, 5) is 0. The summed E-state index contributed by atoms with van der Waals surface area (Å²) in [5, 5.41) is 0. The lowest BCUT2D eigenvalue weighted by atomic mass is 10.2. The molecule has 0 aliphatic carbocycles. The molecule has 3 rings (SSSR count). The van der Waals surface area contributed by atoms with Crippen LogP contribution in [0.15, 0.2) is 18.2 Å². The summed E-state index contributed by atoms with van der Waals surface area (Å²) in [7, 11) is -3.48. The number of rotatable bonds is 3. The van der Waals surface area contributed by atoms with E-state index in [0.29, 0.717) is 18.9 Å². The molecule has 0 bridgehead atoms. The molecule has 1 aromatic carbocycles. The van der Waals surface area contributed by atoms with Gasteiger partial charge in [0, 0.05) is 18.6 Å². The third kappa shape index (κ3) is 2.98. The third-order valence-electron chi connectivity index (χ3n) is 3.75. The van der Waals surface area contributed by atoms with Crippen molar-refractivity contribution in [3.05, 3.63) is 24.0 Å². The minimum Gasteiger partial charge on any atom is -0.487 e. The molecule has 116 valence electrons. The van der Waals surface area contributed by atoms with Crippen molar-refractivity contribution in [1.82, 2.24) is 0 Å². The highest BCUT2D eigenvalue weighted by Gasteiger charge is 2.34. The fourth-order valence-electron chi connectivity index (χ4n) is 2.74. The number of halogens is 1. The van der Waals surface area contributed by atoms with Gasteiger partial charge in [0.15, 0.2) is 0 Å². The van der Waals surface area contributed by atoms with E-state index in [2.05, 4.69) is 0 Å². The Bertz CT molecular complexity index is 628. The first-order valence-electron chi connectivity index (χ1n) is 7.00. The molecule has 5 nitrogen and oxygen atoms in total. The fraction of sp³-hybridized carbons (Fsp3) is 0.571. The monoisotopic (exact) mass is 315 g/mol. The Morgan fingerprint density at radius 2 is 2.24 bits per heavy atom.